The van der Waals surface area contributed by atoms with Crippen molar-refractivity contribution >= 4 is 32.3 Å². The first-order chi connectivity index (χ1) is 22.9. The van der Waals surface area contributed by atoms with Crippen molar-refractivity contribution in [2.75, 3.05) is 0 Å². The van der Waals surface area contributed by atoms with E-state index < -0.39 is 0 Å². The van der Waals surface area contributed by atoms with Crippen LogP contribution in [0.5, 0.6) is 0 Å². The summed E-state index contributed by atoms with van der Waals surface area (Å²) in [6.07, 6.45) is 0. The van der Waals surface area contributed by atoms with Crippen molar-refractivity contribution in [3.05, 3.63) is 216 Å². The van der Waals surface area contributed by atoms with Crippen LogP contribution in [0.3, 0.4) is 0 Å². The number of rotatable bonds is 0. The van der Waals surface area contributed by atoms with Crippen LogP contribution in [0.2, 0.25) is 0 Å². The second kappa shape index (κ2) is 30.0. The molecule has 0 atom stereocenters. The van der Waals surface area contributed by atoms with E-state index >= 15 is 0 Å². The highest BCUT2D eigenvalue weighted by Crippen LogP contribution is 2.18. The molecule has 0 fully saturated rings. The van der Waals surface area contributed by atoms with Crippen molar-refractivity contribution in [2.24, 2.45) is 0 Å². The molecule has 0 unspecified atom stereocenters. The summed E-state index contributed by atoms with van der Waals surface area (Å²) in [7, 11) is 0. The van der Waals surface area contributed by atoms with Crippen LogP contribution in [0.25, 0.3) is 32.3 Å². The molecule has 0 saturated heterocycles. The highest BCUT2D eigenvalue weighted by atomic mass is 14.0. The lowest BCUT2D eigenvalue weighted by Crippen LogP contribution is -1.75. The molecule has 0 aliphatic heterocycles. The van der Waals surface area contributed by atoms with Crippen LogP contribution in [0.4, 0.5) is 0 Å². The first kappa shape index (κ1) is 55.3. The number of aryl methyl sites for hydroxylation is 5. The second-order valence-electron chi connectivity index (χ2n) is 11.8. The molecule has 0 nitrogen and oxygen atoms in total. The Labute approximate surface area is 333 Å². The maximum atomic E-state index is 2.20. The quantitative estimate of drug-likeness (QED) is 0.146. The standard InChI is InChI=1S/3C11H10.2C7H8.7CH4/c2*1-9-5-4-7-10-6-2-3-8-11(9)10;1-9-6-7-10-4-2-3-5-11(10)8-9;2*1-7-5-3-2-4-6-7;;;;;;;/h3*2-8H,1H3;2*2-6H,1H3;7*1H4. The van der Waals surface area contributed by atoms with Gasteiger partial charge < -0.3 is 0 Å². The third-order valence-electron chi connectivity index (χ3n) is 7.80. The Balaban J connectivity index is -0.000000284. The molecule has 54 heavy (non-hydrogen) atoms. The summed E-state index contributed by atoms with van der Waals surface area (Å²) in [5.74, 6) is 0. The maximum absolute atomic E-state index is 2.20. The lowest BCUT2D eigenvalue weighted by atomic mass is 10.1. The Morgan fingerprint density at radius 1 is 0.222 bits per heavy atom. The predicted octanol–water partition coefficient (Wildman–Crippen LogP) is 17.9. The van der Waals surface area contributed by atoms with Gasteiger partial charge in [-0.25, -0.2) is 0 Å². The number of hydrogen-bond donors (Lipinski definition) is 0. The van der Waals surface area contributed by atoms with Crippen LogP contribution in [-0.4, -0.2) is 0 Å². The zero-order chi connectivity index (χ0) is 33.3. The Morgan fingerprint density at radius 3 is 0.889 bits per heavy atom. The van der Waals surface area contributed by atoms with E-state index in [9.17, 15) is 0 Å². The predicted molar refractivity (Wildman–Crippen MR) is 256 cm³/mol. The summed E-state index contributed by atoms with van der Waals surface area (Å²) >= 11 is 0. The molecule has 8 rings (SSSR count). The van der Waals surface area contributed by atoms with Crippen LogP contribution < -0.4 is 0 Å². The van der Waals surface area contributed by atoms with E-state index in [2.05, 4.69) is 186 Å². The van der Waals surface area contributed by atoms with Crippen LogP contribution in [0.15, 0.2) is 188 Å². The van der Waals surface area contributed by atoms with Crippen LogP contribution >= 0.6 is 0 Å². The molecule has 0 bridgehead atoms. The van der Waals surface area contributed by atoms with Gasteiger partial charge in [0.2, 0.25) is 0 Å². The van der Waals surface area contributed by atoms with Gasteiger partial charge in [0.05, 0.1) is 0 Å². The molecule has 0 aliphatic carbocycles. The van der Waals surface area contributed by atoms with Crippen molar-refractivity contribution in [2.45, 2.75) is 86.6 Å². The maximum Gasteiger partial charge on any atom is -0.0155 e. The number of benzene rings is 8. The minimum absolute atomic E-state index is 0. The van der Waals surface area contributed by atoms with Gasteiger partial charge in [-0.05, 0) is 78.1 Å². The summed E-state index contributed by atoms with van der Waals surface area (Å²) in [4.78, 5) is 0. The van der Waals surface area contributed by atoms with Crippen molar-refractivity contribution < 1.29 is 0 Å². The minimum atomic E-state index is 0. The van der Waals surface area contributed by atoms with Crippen molar-refractivity contribution in [3.8, 4) is 0 Å². The monoisotopic (exact) mass is 723 g/mol. The van der Waals surface area contributed by atoms with Gasteiger partial charge in [0.1, 0.15) is 0 Å². The average molecular weight is 723 g/mol. The van der Waals surface area contributed by atoms with Crippen molar-refractivity contribution in [1.82, 2.24) is 0 Å². The van der Waals surface area contributed by atoms with Crippen LogP contribution in [-0.2, 0) is 0 Å². The summed E-state index contributed by atoms with van der Waals surface area (Å²) in [5.41, 5.74) is 6.67. The molecule has 0 N–H and O–H groups in total. The summed E-state index contributed by atoms with van der Waals surface area (Å²) in [5, 5.41) is 8.01. The zero-order valence-electron chi connectivity index (χ0n) is 28.4. The third-order valence-corrected chi connectivity index (χ3v) is 7.80. The number of fused-ring (bicyclic) bond motifs is 3. The van der Waals surface area contributed by atoms with Crippen LogP contribution in [0, 0.1) is 34.6 Å². The Kier molecular flexibility index (Phi) is 30.8. The van der Waals surface area contributed by atoms with Gasteiger partial charge in [-0.15, -0.1) is 0 Å². The summed E-state index contributed by atoms with van der Waals surface area (Å²) in [6, 6.07) is 65.1. The topological polar surface area (TPSA) is 0 Å². The molecule has 8 aromatic carbocycles. The SMILES string of the molecule is C.C.C.C.C.C.C.Cc1ccc2ccccc2c1.Cc1cccc2ccccc12.Cc1cccc2ccccc12.Cc1ccccc1.Cc1ccccc1. The Morgan fingerprint density at radius 2 is 0.537 bits per heavy atom. The third kappa shape index (κ3) is 18.3. The smallest absolute Gasteiger partial charge is 0.0155 e. The van der Waals surface area contributed by atoms with E-state index in [0.717, 1.165) is 0 Å². The van der Waals surface area contributed by atoms with E-state index in [4.69, 9.17) is 0 Å². The number of hydrogen-bond acceptors (Lipinski definition) is 0. The van der Waals surface area contributed by atoms with Gasteiger partial charge in [0, 0.05) is 0 Å². The molecule has 0 radical (unpaired) electrons. The molecular weight excluding hydrogens is 649 g/mol. The van der Waals surface area contributed by atoms with E-state index in [-0.39, 0.29) is 52.0 Å². The van der Waals surface area contributed by atoms with Gasteiger partial charge in [0.25, 0.3) is 0 Å². The highest BCUT2D eigenvalue weighted by molar-refractivity contribution is 5.86. The van der Waals surface area contributed by atoms with E-state index in [0.29, 0.717) is 0 Å². The molecule has 0 heterocycles. The molecule has 0 saturated carbocycles. The average Bonchev–Trinajstić information content (AvgIpc) is 3.11. The fraction of sp³-hybridized carbons (Fsp3) is 0.222. The molecule has 0 aliphatic rings. The molecular formula is C54H74. The largest absolute Gasteiger partial charge is 0.0776 e. The molecule has 0 amide bonds. The van der Waals surface area contributed by atoms with E-state index in [1.54, 1.807) is 0 Å². The molecule has 8 aromatic rings. The zero-order valence-corrected chi connectivity index (χ0v) is 28.4. The fourth-order valence-corrected chi connectivity index (χ4v) is 5.15. The normalized spacial score (nSPS) is 8.54. The fourth-order valence-electron chi connectivity index (χ4n) is 5.15. The second-order valence-corrected chi connectivity index (χ2v) is 11.8. The summed E-state index contributed by atoms with van der Waals surface area (Å²) < 4.78 is 0. The van der Waals surface area contributed by atoms with Gasteiger partial charge in [0.15, 0.2) is 0 Å². The van der Waals surface area contributed by atoms with E-state index in [1.807, 2.05) is 36.4 Å². The first-order valence-electron chi connectivity index (χ1n) is 16.3. The summed E-state index contributed by atoms with van der Waals surface area (Å²) in [6.45, 7) is 10.6. The van der Waals surface area contributed by atoms with Gasteiger partial charge in [-0.2, -0.15) is 0 Å². The Bertz CT molecular complexity index is 1940. The van der Waals surface area contributed by atoms with E-state index in [1.165, 1.54) is 60.1 Å². The molecule has 0 spiro atoms. The lowest BCUT2D eigenvalue weighted by Gasteiger charge is -1.98. The van der Waals surface area contributed by atoms with Crippen LogP contribution in [0.1, 0.15) is 79.8 Å². The molecule has 290 valence electrons. The van der Waals surface area contributed by atoms with Crippen molar-refractivity contribution in [1.29, 1.82) is 0 Å². The molecule has 0 heteroatoms. The van der Waals surface area contributed by atoms with Gasteiger partial charge in [-0.3, -0.25) is 0 Å². The highest BCUT2D eigenvalue weighted by Gasteiger charge is 1.93. The first-order valence-corrected chi connectivity index (χ1v) is 16.3. The van der Waals surface area contributed by atoms with Crippen molar-refractivity contribution in [3.63, 3.8) is 0 Å². The molecule has 0 aromatic heterocycles. The van der Waals surface area contributed by atoms with Gasteiger partial charge in [-0.1, -0.05) is 257 Å². The van der Waals surface area contributed by atoms with Gasteiger partial charge >= 0.3 is 0 Å². The Hall–Kier alpha value is -5.46. The lowest BCUT2D eigenvalue weighted by molar-refractivity contribution is 1.48. The minimum Gasteiger partial charge on any atom is -0.0776 e.